The molecule has 94 valence electrons. The minimum Gasteiger partial charge on any atom is -0.313 e. The first kappa shape index (κ1) is 12.9. The van der Waals surface area contributed by atoms with Gasteiger partial charge >= 0.3 is 0 Å². The zero-order valence-electron chi connectivity index (χ0n) is 10.6. The van der Waals surface area contributed by atoms with Crippen LogP contribution in [-0.2, 0) is 0 Å². The Morgan fingerprint density at radius 2 is 2.11 bits per heavy atom. The molecule has 5 heteroatoms. The lowest BCUT2D eigenvalue weighted by atomic mass is 10.1. The number of hydrogen-bond donors (Lipinski definition) is 1. The van der Waals surface area contributed by atoms with Crippen molar-refractivity contribution >= 4 is 11.6 Å². The van der Waals surface area contributed by atoms with Crippen molar-refractivity contribution in [3.05, 3.63) is 40.8 Å². The van der Waals surface area contributed by atoms with Crippen LogP contribution >= 0.6 is 11.6 Å². The van der Waals surface area contributed by atoms with Gasteiger partial charge in [-0.2, -0.15) is 0 Å². The Hall–Kier alpha value is -1.52. The number of halogens is 1. The molecule has 2 aromatic heterocycles. The van der Waals surface area contributed by atoms with Gasteiger partial charge in [-0.3, -0.25) is 4.98 Å². The van der Waals surface area contributed by atoms with Crippen molar-refractivity contribution in [2.75, 3.05) is 7.05 Å². The van der Waals surface area contributed by atoms with E-state index in [0.717, 1.165) is 11.3 Å². The second-order valence-electron chi connectivity index (χ2n) is 4.08. The summed E-state index contributed by atoms with van der Waals surface area (Å²) in [5.41, 5.74) is 2.63. The minimum atomic E-state index is 0.221. The van der Waals surface area contributed by atoms with Gasteiger partial charge in [0.25, 0.3) is 0 Å². The SMILES string of the molecule is CNC(C)c1cnc(-c2ncccc2Cl)nc1C. The van der Waals surface area contributed by atoms with Gasteiger partial charge in [0.15, 0.2) is 5.82 Å². The van der Waals surface area contributed by atoms with E-state index in [2.05, 4.69) is 27.2 Å². The molecule has 0 aliphatic rings. The lowest BCUT2D eigenvalue weighted by molar-refractivity contribution is 0.641. The smallest absolute Gasteiger partial charge is 0.179 e. The molecule has 0 bridgehead atoms. The molecular formula is C13H15ClN4. The van der Waals surface area contributed by atoms with E-state index in [-0.39, 0.29) is 6.04 Å². The molecule has 0 amide bonds. The van der Waals surface area contributed by atoms with Crippen LogP contribution in [-0.4, -0.2) is 22.0 Å². The minimum absolute atomic E-state index is 0.221. The summed E-state index contributed by atoms with van der Waals surface area (Å²) in [5, 5.41) is 3.73. The van der Waals surface area contributed by atoms with Crippen molar-refractivity contribution in [1.82, 2.24) is 20.3 Å². The van der Waals surface area contributed by atoms with Crippen LogP contribution in [0, 0.1) is 6.92 Å². The molecule has 18 heavy (non-hydrogen) atoms. The molecule has 4 nitrogen and oxygen atoms in total. The quantitative estimate of drug-likeness (QED) is 0.924. The highest BCUT2D eigenvalue weighted by Gasteiger charge is 2.12. The van der Waals surface area contributed by atoms with E-state index >= 15 is 0 Å². The van der Waals surface area contributed by atoms with Crippen molar-refractivity contribution < 1.29 is 0 Å². The molecule has 0 saturated carbocycles. The number of nitrogens with one attached hydrogen (secondary N) is 1. The summed E-state index contributed by atoms with van der Waals surface area (Å²) in [6, 6.07) is 3.79. The largest absolute Gasteiger partial charge is 0.313 e. The average molecular weight is 263 g/mol. The van der Waals surface area contributed by atoms with Crippen LogP contribution in [0.5, 0.6) is 0 Å². The fraction of sp³-hybridized carbons (Fsp3) is 0.308. The topological polar surface area (TPSA) is 50.7 Å². The lowest BCUT2D eigenvalue weighted by Gasteiger charge is -2.13. The van der Waals surface area contributed by atoms with Crippen LogP contribution in [0.1, 0.15) is 24.2 Å². The number of aryl methyl sites for hydroxylation is 1. The predicted octanol–water partition coefficient (Wildman–Crippen LogP) is 2.78. The summed E-state index contributed by atoms with van der Waals surface area (Å²) >= 11 is 6.09. The van der Waals surface area contributed by atoms with Gasteiger partial charge in [0.1, 0.15) is 5.69 Å². The van der Waals surface area contributed by atoms with Crippen molar-refractivity contribution in [3.8, 4) is 11.5 Å². The maximum Gasteiger partial charge on any atom is 0.179 e. The maximum absolute atomic E-state index is 6.09. The van der Waals surface area contributed by atoms with Crippen molar-refractivity contribution in [2.24, 2.45) is 0 Å². The first-order chi connectivity index (χ1) is 8.63. The third kappa shape index (κ3) is 2.49. The van der Waals surface area contributed by atoms with Crippen molar-refractivity contribution in [1.29, 1.82) is 0 Å². The van der Waals surface area contributed by atoms with Crippen LogP contribution in [0.3, 0.4) is 0 Å². The summed E-state index contributed by atoms with van der Waals surface area (Å²) in [4.78, 5) is 13.0. The fourth-order valence-electron chi connectivity index (χ4n) is 1.72. The highest BCUT2D eigenvalue weighted by molar-refractivity contribution is 6.32. The maximum atomic E-state index is 6.09. The van der Waals surface area contributed by atoms with Crippen molar-refractivity contribution in [2.45, 2.75) is 19.9 Å². The Bertz CT molecular complexity index is 556. The first-order valence-corrected chi connectivity index (χ1v) is 6.13. The summed E-state index contributed by atoms with van der Waals surface area (Å²) in [7, 11) is 1.91. The summed E-state index contributed by atoms with van der Waals surface area (Å²) in [6.07, 6.45) is 3.51. The van der Waals surface area contributed by atoms with Gasteiger partial charge in [0, 0.05) is 29.7 Å². The zero-order chi connectivity index (χ0) is 13.1. The number of nitrogens with zero attached hydrogens (tertiary/aromatic N) is 3. The Morgan fingerprint density at radius 3 is 2.72 bits per heavy atom. The highest BCUT2D eigenvalue weighted by Crippen LogP contribution is 2.23. The third-order valence-electron chi connectivity index (χ3n) is 2.89. The predicted molar refractivity (Wildman–Crippen MR) is 72.5 cm³/mol. The summed E-state index contributed by atoms with van der Waals surface area (Å²) in [6.45, 7) is 4.03. The van der Waals surface area contributed by atoms with Gasteiger partial charge in [-0.05, 0) is 33.0 Å². The summed E-state index contributed by atoms with van der Waals surface area (Å²) in [5.74, 6) is 0.560. The molecule has 1 unspecified atom stereocenters. The number of aromatic nitrogens is 3. The molecule has 0 aliphatic carbocycles. The highest BCUT2D eigenvalue weighted by atomic mass is 35.5. The standard InChI is InChI=1S/C13H15ClN4/c1-8(15-3)10-7-17-13(18-9(10)2)12-11(14)5-4-6-16-12/h4-8,15H,1-3H3. The lowest BCUT2D eigenvalue weighted by Crippen LogP contribution is -2.15. The van der Waals surface area contributed by atoms with Crippen LogP contribution in [0.2, 0.25) is 5.02 Å². The molecular weight excluding hydrogens is 248 g/mol. The van der Waals surface area contributed by atoms with Crippen LogP contribution in [0.15, 0.2) is 24.5 Å². The number of hydrogen-bond acceptors (Lipinski definition) is 4. The van der Waals surface area contributed by atoms with Gasteiger partial charge in [-0.25, -0.2) is 9.97 Å². The zero-order valence-corrected chi connectivity index (χ0v) is 11.4. The van der Waals surface area contributed by atoms with Gasteiger partial charge in [0.2, 0.25) is 0 Å². The molecule has 2 rings (SSSR count). The molecule has 0 aliphatic heterocycles. The molecule has 1 N–H and O–H groups in total. The van der Waals surface area contributed by atoms with E-state index < -0.39 is 0 Å². The number of pyridine rings is 1. The molecule has 0 spiro atoms. The summed E-state index contributed by atoms with van der Waals surface area (Å²) < 4.78 is 0. The second-order valence-corrected chi connectivity index (χ2v) is 4.49. The monoisotopic (exact) mass is 262 g/mol. The molecule has 0 saturated heterocycles. The van der Waals surface area contributed by atoms with Gasteiger partial charge in [-0.15, -0.1) is 0 Å². The molecule has 0 aromatic carbocycles. The van der Waals surface area contributed by atoms with E-state index in [0.29, 0.717) is 16.5 Å². The normalized spacial score (nSPS) is 12.4. The number of rotatable bonds is 3. The first-order valence-electron chi connectivity index (χ1n) is 5.75. The van der Waals surface area contributed by atoms with Crippen LogP contribution < -0.4 is 5.32 Å². The molecule has 1 atom stereocenters. The van der Waals surface area contributed by atoms with E-state index in [1.54, 1.807) is 18.3 Å². The fourth-order valence-corrected chi connectivity index (χ4v) is 1.93. The molecule has 0 radical (unpaired) electrons. The average Bonchev–Trinajstić information content (AvgIpc) is 2.38. The third-order valence-corrected chi connectivity index (χ3v) is 3.19. The molecule has 0 fully saturated rings. The van der Waals surface area contributed by atoms with Gasteiger partial charge in [0.05, 0.1) is 5.02 Å². The Kier molecular flexibility index (Phi) is 3.89. The van der Waals surface area contributed by atoms with Crippen LogP contribution in [0.4, 0.5) is 0 Å². The van der Waals surface area contributed by atoms with Crippen molar-refractivity contribution in [3.63, 3.8) is 0 Å². The van der Waals surface area contributed by atoms with Crippen LogP contribution in [0.25, 0.3) is 11.5 Å². The van der Waals surface area contributed by atoms with E-state index in [1.807, 2.05) is 20.2 Å². The molecule has 2 aromatic rings. The van der Waals surface area contributed by atoms with E-state index in [4.69, 9.17) is 11.6 Å². The second kappa shape index (κ2) is 5.42. The molecule has 2 heterocycles. The Labute approximate surface area is 111 Å². The van der Waals surface area contributed by atoms with Gasteiger partial charge < -0.3 is 5.32 Å². The Morgan fingerprint density at radius 1 is 1.33 bits per heavy atom. The van der Waals surface area contributed by atoms with E-state index in [1.165, 1.54) is 0 Å². The Balaban J connectivity index is 2.44. The van der Waals surface area contributed by atoms with Gasteiger partial charge in [-0.1, -0.05) is 11.6 Å². The van der Waals surface area contributed by atoms with E-state index in [9.17, 15) is 0 Å².